The van der Waals surface area contributed by atoms with E-state index in [1.807, 2.05) is 4.90 Å². The van der Waals surface area contributed by atoms with E-state index in [2.05, 4.69) is 0 Å². The number of ether oxygens (including phenoxy) is 1. The van der Waals surface area contributed by atoms with Crippen LogP contribution in [0.25, 0.3) is 0 Å². The van der Waals surface area contributed by atoms with E-state index in [4.69, 9.17) is 4.74 Å². The van der Waals surface area contributed by atoms with E-state index in [1.165, 1.54) is 0 Å². The van der Waals surface area contributed by atoms with Crippen LogP contribution in [-0.4, -0.2) is 43.8 Å². The van der Waals surface area contributed by atoms with Gasteiger partial charge in [-0.1, -0.05) is 0 Å². The van der Waals surface area contributed by atoms with Crippen molar-refractivity contribution in [3.8, 4) is 0 Å². The van der Waals surface area contributed by atoms with Gasteiger partial charge in [-0.2, -0.15) is 0 Å². The van der Waals surface area contributed by atoms with E-state index in [-0.39, 0.29) is 18.6 Å². The molecule has 0 aromatic heterocycles. The van der Waals surface area contributed by atoms with Gasteiger partial charge in [0.15, 0.2) is 0 Å². The minimum Gasteiger partial charge on any atom is -0.466 e. The normalized spacial score (nSPS) is 23.4. The van der Waals surface area contributed by atoms with Crippen molar-refractivity contribution in [2.45, 2.75) is 19.8 Å². The molecule has 1 fully saturated rings. The molecular weight excluding hydrogens is 185 g/mol. The second-order valence-corrected chi connectivity index (χ2v) is 3.58. The van der Waals surface area contributed by atoms with E-state index in [0.29, 0.717) is 19.7 Å². The van der Waals surface area contributed by atoms with Crippen LogP contribution < -0.4 is 0 Å². The Kier molecular flexibility index (Phi) is 4.87. The fourth-order valence-electron chi connectivity index (χ4n) is 1.83. The lowest BCUT2D eigenvalue weighted by Crippen LogP contribution is -2.40. The molecule has 1 rings (SSSR count). The third-order valence-electron chi connectivity index (χ3n) is 2.53. The minimum absolute atomic E-state index is 0.0461. The summed E-state index contributed by atoms with van der Waals surface area (Å²) in [4.78, 5) is 13.4. The molecule has 0 aromatic carbocycles. The van der Waals surface area contributed by atoms with Crippen LogP contribution in [0, 0.1) is 5.92 Å². The number of piperidine rings is 1. The van der Waals surface area contributed by atoms with Crippen LogP contribution >= 0.6 is 0 Å². The highest BCUT2D eigenvalue weighted by Crippen LogP contribution is 2.17. The summed E-state index contributed by atoms with van der Waals surface area (Å²) in [6.45, 7) is 3.90. The summed E-state index contributed by atoms with van der Waals surface area (Å²) < 4.78 is 17.0. The first-order chi connectivity index (χ1) is 6.77. The van der Waals surface area contributed by atoms with Gasteiger partial charge >= 0.3 is 5.97 Å². The number of nitrogens with zero attached hydrogens (tertiary/aromatic N) is 1. The van der Waals surface area contributed by atoms with Gasteiger partial charge in [-0.15, -0.1) is 0 Å². The van der Waals surface area contributed by atoms with Gasteiger partial charge < -0.3 is 4.74 Å². The number of carbonyl (C=O) groups is 1. The van der Waals surface area contributed by atoms with Crippen LogP contribution in [0.15, 0.2) is 0 Å². The Hall–Kier alpha value is -0.640. The van der Waals surface area contributed by atoms with Crippen LogP contribution in [0.1, 0.15) is 19.8 Å². The maximum atomic E-state index is 12.1. The molecule has 3 nitrogen and oxygen atoms in total. The van der Waals surface area contributed by atoms with Crippen molar-refractivity contribution in [1.29, 1.82) is 0 Å². The molecule has 0 amide bonds. The third-order valence-corrected chi connectivity index (χ3v) is 2.53. The summed E-state index contributed by atoms with van der Waals surface area (Å²) in [7, 11) is 0. The number of esters is 1. The second kappa shape index (κ2) is 5.96. The summed E-state index contributed by atoms with van der Waals surface area (Å²) >= 11 is 0. The Labute approximate surface area is 84.2 Å². The molecule has 1 atom stereocenters. The van der Waals surface area contributed by atoms with Crippen LogP contribution in [0.2, 0.25) is 0 Å². The average molecular weight is 203 g/mol. The molecule has 1 saturated heterocycles. The summed E-state index contributed by atoms with van der Waals surface area (Å²) in [6.07, 6.45) is 1.84. The van der Waals surface area contributed by atoms with Gasteiger partial charge in [-0.25, -0.2) is 4.39 Å². The molecule has 1 aliphatic heterocycles. The Bertz CT molecular complexity index is 185. The van der Waals surface area contributed by atoms with E-state index in [9.17, 15) is 9.18 Å². The number of alkyl halides is 1. The van der Waals surface area contributed by atoms with E-state index in [0.717, 1.165) is 19.4 Å². The zero-order valence-corrected chi connectivity index (χ0v) is 8.67. The molecule has 0 aliphatic carbocycles. The molecule has 82 valence electrons. The lowest BCUT2D eigenvalue weighted by Gasteiger charge is -2.30. The molecule has 0 saturated carbocycles. The standard InChI is InChI=1S/C10H18FNO2/c1-2-14-10(13)9-4-3-6-12(8-9)7-5-11/h9H,2-8H2,1H3. The molecule has 0 bridgehead atoms. The zero-order chi connectivity index (χ0) is 10.4. The second-order valence-electron chi connectivity index (χ2n) is 3.58. The van der Waals surface area contributed by atoms with Gasteiger partial charge in [0.1, 0.15) is 6.67 Å². The summed E-state index contributed by atoms with van der Waals surface area (Å²) in [5.74, 6) is -0.175. The average Bonchev–Trinajstić information content (AvgIpc) is 2.19. The van der Waals surface area contributed by atoms with Gasteiger partial charge in [-0.3, -0.25) is 9.69 Å². The lowest BCUT2D eigenvalue weighted by molar-refractivity contribution is -0.149. The molecule has 0 N–H and O–H groups in total. The predicted octanol–water partition coefficient (Wildman–Crippen LogP) is 1.23. The van der Waals surface area contributed by atoms with Gasteiger partial charge in [0.05, 0.1) is 12.5 Å². The monoisotopic (exact) mass is 203 g/mol. The first kappa shape index (κ1) is 11.4. The highest BCUT2D eigenvalue weighted by molar-refractivity contribution is 5.72. The van der Waals surface area contributed by atoms with Crippen LogP contribution in [0.4, 0.5) is 4.39 Å². The highest BCUT2D eigenvalue weighted by Gasteiger charge is 2.26. The van der Waals surface area contributed by atoms with Crippen LogP contribution in [0.3, 0.4) is 0 Å². The summed E-state index contributed by atoms with van der Waals surface area (Å²) in [6, 6.07) is 0. The van der Waals surface area contributed by atoms with Gasteiger partial charge in [0.2, 0.25) is 0 Å². The number of hydrogen-bond donors (Lipinski definition) is 0. The van der Waals surface area contributed by atoms with Gasteiger partial charge in [0.25, 0.3) is 0 Å². The highest BCUT2D eigenvalue weighted by atomic mass is 19.1. The van der Waals surface area contributed by atoms with E-state index in [1.54, 1.807) is 6.92 Å². The van der Waals surface area contributed by atoms with Crippen molar-refractivity contribution in [2.75, 3.05) is 32.9 Å². The summed E-state index contributed by atoms with van der Waals surface area (Å²) in [5.41, 5.74) is 0. The molecule has 0 aromatic rings. The number of likely N-dealkylation sites (tertiary alicyclic amines) is 1. The van der Waals surface area contributed by atoms with Crippen molar-refractivity contribution in [1.82, 2.24) is 4.90 Å². The molecule has 1 aliphatic rings. The van der Waals surface area contributed by atoms with Gasteiger partial charge in [0, 0.05) is 13.1 Å². The first-order valence-electron chi connectivity index (χ1n) is 5.23. The molecule has 0 radical (unpaired) electrons. The molecule has 14 heavy (non-hydrogen) atoms. The molecular formula is C10H18FNO2. The molecule has 1 heterocycles. The van der Waals surface area contributed by atoms with E-state index < -0.39 is 0 Å². The Balaban J connectivity index is 2.35. The Morgan fingerprint density at radius 2 is 2.43 bits per heavy atom. The maximum Gasteiger partial charge on any atom is 0.310 e. The first-order valence-corrected chi connectivity index (χ1v) is 5.23. The smallest absolute Gasteiger partial charge is 0.310 e. The maximum absolute atomic E-state index is 12.1. The fourth-order valence-corrected chi connectivity index (χ4v) is 1.83. The Morgan fingerprint density at radius 1 is 1.64 bits per heavy atom. The topological polar surface area (TPSA) is 29.5 Å². The number of halogens is 1. The van der Waals surface area contributed by atoms with Crippen molar-refractivity contribution >= 4 is 5.97 Å². The Morgan fingerprint density at radius 3 is 3.07 bits per heavy atom. The van der Waals surface area contributed by atoms with E-state index >= 15 is 0 Å². The molecule has 0 spiro atoms. The zero-order valence-electron chi connectivity index (χ0n) is 8.67. The van der Waals surface area contributed by atoms with Gasteiger partial charge in [-0.05, 0) is 26.3 Å². The quantitative estimate of drug-likeness (QED) is 0.644. The van der Waals surface area contributed by atoms with Crippen LogP contribution in [-0.2, 0) is 9.53 Å². The van der Waals surface area contributed by atoms with Crippen molar-refractivity contribution in [3.63, 3.8) is 0 Å². The minimum atomic E-state index is -0.338. The molecule has 4 heteroatoms. The lowest BCUT2D eigenvalue weighted by atomic mass is 9.98. The SMILES string of the molecule is CCOC(=O)C1CCCN(CCF)C1. The third kappa shape index (κ3) is 3.25. The molecule has 1 unspecified atom stereocenters. The number of carbonyl (C=O) groups excluding carboxylic acids is 1. The van der Waals surface area contributed by atoms with Crippen molar-refractivity contribution in [2.24, 2.45) is 5.92 Å². The largest absolute Gasteiger partial charge is 0.466 e. The number of rotatable bonds is 4. The van der Waals surface area contributed by atoms with Crippen LogP contribution in [0.5, 0.6) is 0 Å². The fraction of sp³-hybridized carbons (Fsp3) is 0.900. The summed E-state index contributed by atoms with van der Waals surface area (Å²) in [5, 5.41) is 0. The van der Waals surface area contributed by atoms with Crippen molar-refractivity contribution < 1.29 is 13.9 Å². The van der Waals surface area contributed by atoms with Crippen molar-refractivity contribution in [3.05, 3.63) is 0 Å². The number of hydrogen-bond acceptors (Lipinski definition) is 3. The predicted molar refractivity (Wildman–Crippen MR) is 51.8 cm³/mol.